The molecule has 0 aromatic carbocycles. The lowest BCUT2D eigenvalue weighted by Gasteiger charge is -2.11. The quantitative estimate of drug-likeness (QED) is 0.421. The average molecular weight is 256 g/mol. The summed E-state index contributed by atoms with van der Waals surface area (Å²) in [5.41, 5.74) is 13.4. The molecule has 1 aliphatic rings. The van der Waals surface area contributed by atoms with Crippen LogP contribution in [0, 0.1) is 0 Å². The summed E-state index contributed by atoms with van der Waals surface area (Å²) in [6.45, 7) is 2.32. The molecule has 0 heterocycles. The van der Waals surface area contributed by atoms with Crippen LogP contribution in [-0.2, 0) is 14.3 Å². The van der Waals surface area contributed by atoms with Crippen LogP contribution in [0.25, 0.3) is 0 Å². The number of carbonyl (C=O) groups is 2. The standard InChI is InChI=1S/C12H20N2O4/c1-7-5-8(7)6-18-12(17)10(14)4-2-3-9(13)11(15)16/h9-10H,2-6,13-14H2,1H3,(H,15,16)/t9-,10?/m0/s1. The van der Waals surface area contributed by atoms with Gasteiger partial charge in [0.25, 0.3) is 0 Å². The molecule has 0 bridgehead atoms. The van der Waals surface area contributed by atoms with E-state index in [-0.39, 0.29) is 0 Å². The van der Waals surface area contributed by atoms with Crippen molar-refractivity contribution in [3.05, 3.63) is 11.1 Å². The Balaban J connectivity index is 2.13. The minimum absolute atomic E-state index is 0.306. The van der Waals surface area contributed by atoms with Crippen LogP contribution in [0.5, 0.6) is 0 Å². The third-order valence-corrected chi connectivity index (χ3v) is 3.00. The van der Waals surface area contributed by atoms with Crippen molar-refractivity contribution < 1.29 is 19.4 Å². The first-order valence-corrected chi connectivity index (χ1v) is 6.00. The highest BCUT2D eigenvalue weighted by molar-refractivity contribution is 5.75. The van der Waals surface area contributed by atoms with E-state index >= 15 is 0 Å². The molecule has 0 aliphatic heterocycles. The summed E-state index contributed by atoms with van der Waals surface area (Å²) in [5, 5.41) is 8.58. The van der Waals surface area contributed by atoms with Gasteiger partial charge in [0.15, 0.2) is 0 Å². The molecule has 0 radical (unpaired) electrons. The summed E-state index contributed by atoms with van der Waals surface area (Å²) in [4.78, 5) is 21.9. The van der Waals surface area contributed by atoms with E-state index in [0.29, 0.717) is 25.9 Å². The molecule has 0 saturated carbocycles. The highest BCUT2D eigenvalue weighted by atomic mass is 16.5. The molecular weight excluding hydrogens is 236 g/mol. The number of nitrogens with two attached hydrogens (primary N) is 2. The Labute approximate surface area is 106 Å². The molecular formula is C12H20N2O4. The maximum Gasteiger partial charge on any atom is 0.323 e. The van der Waals surface area contributed by atoms with Gasteiger partial charge in [-0.25, -0.2) is 0 Å². The zero-order chi connectivity index (χ0) is 13.7. The van der Waals surface area contributed by atoms with Gasteiger partial charge in [-0.05, 0) is 38.2 Å². The molecule has 0 aromatic heterocycles. The van der Waals surface area contributed by atoms with Crippen LogP contribution in [0.4, 0.5) is 0 Å². The van der Waals surface area contributed by atoms with E-state index in [1.807, 2.05) is 6.92 Å². The Bertz CT molecular complexity index is 365. The average Bonchev–Trinajstić information content (AvgIpc) is 3.01. The number of rotatable bonds is 8. The smallest absolute Gasteiger partial charge is 0.323 e. The van der Waals surface area contributed by atoms with Crippen LogP contribution in [0.3, 0.4) is 0 Å². The fourth-order valence-corrected chi connectivity index (χ4v) is 1.51. The zero-order valence-electron chi connectivity index (χ0n) is 10.5. The second-order valence-corrected chi connectivity index (χ2v) is 4.65. The third-order valence-electron chi connectivity index (χ3n) is 3.00. The lowest BCUT2D eigenvalue weighted by molar-refractivity contribution is -0.144. The molecule has 0 amide bonds. The van der Waals surface area contributed by atoms with Gasteiger partial charge in [0.05, 0.1) is 0 Å². The first-order valence-electron chi connectivity index (χ1n) is 6.00. The van der Waals surface area contributed by atoms with Crippen LogP contribution < -0.4 is 11.5 Å². The van der Waals surface area contributed by atoms with Gasteiger partial charge in [0.1, 0.15) is 18.7 Å². The summed E-state index contributed by atoms with van der Waals surface area (Å²) in [7, 11) is 0. The largest absolute Gasteiger partial charge is 0.480 e. The number of ether oxygens (including phenoxy) is 1. The van der Waals surface area contributed by atoms with Crippen molar-refractivity contribution in [3.63, 3.8) is 0 Å². The molecule has 2 atom stereocenters. The van der Waals surface area contributed by atoms with Crippen molar-refractivity contribution in [1.29, 1.82) is 0 Å². The SMILES string of the molecule is CC1=C(COC(=O)C(N)CCC[C@H](N)C(=O)O)C1. The van der Waals surface area contributed by atoms with Gasteiger partial charge in [0.2, 0.25) is 0 Å². The zero-order valence-corrected chi connectivity index (χ0v) is 10.5. The number of carbonyl (C=O) groups excluding carboxylic acids is 1. The van der Waals surface area contributed by atoms with Gasteiger partial charge in [-0.3, -0.25) is 9.59 Å². The minimum Gasteiger partial charge on any atom is -0.480 e. The summed E-state index contributed by atoms with van der Waals surface area (Å²) in [5.74, 6) is -1.48. The fourth-order valence-electron chi connectivity index (χ4n) is 1.51. The van der Waals surface area contributed by atoms with Crippen molar-refractivity contribution in [2.45, 2.75) is 44.7 Å². The lowest BCUT2D eigenvalue weighted by Crippen LogP contribution is -2.34. The van der Waals surface area contributed by atoms with Gasteiger partial charge in [-0.1, -0.05) is 5.57 Å². The molecule has 6 heteroatoms. The summed E-state index contributed by atoms with van der Waals surface area (Å²) in [6.07, 6.45) is 2.12. The van der Waals surface area contributed by atoms with E-state index in [9.17, 15) is 9.59 Å². The molecule has 18 heavy (non-hydrogen) atoms. The van der Waals surface area contributed by atoms with Gasteiger partial charge in [0, 0.05) is 0 Å². The predicted molar refractivity (Wildman–Crippen MR) is 65.7 cm³/mol. The monoisotopic (exact) mass is 256 g/mol. The van der Waals surface area contributed by atoms with Crippen molar-refractivity contribution in [2.75, 3.05) is 6.61 Å². The first-order chi connectivity index (χ1) is 8.41. The van der Waals surface area contributed by atoms with Gasteiger partial charge < -0.3 is 21.3 Å². The third kappa shape index (κ3) is 4.85. The molecule has 0 fully saturated rings. The number of hydrogen-bond acceptors (Lipinski definition) is 5. The number of carboxylic acid groups (broad SMARTS) is 1. The van der Waals surface area contributed by atoms with Crippen LogP contribution in [0.1, 0.15) is 32.6 Å². The Hall–Kier alpha value is -1.40. The maximum absolute atomic E-state index is 11.5. The van der Waals surface area contributed by atoms with E-state index < -0.39 is 24.0 Å². The number of esters is 1. The predicted octanol–water partition coefficient (Wildman–Crippen LogP) is 0.159. The molecule has 102 valence electrons. The van der Waals surface area contributed by atoms with E-state index in [1.165, 1.54) is 5.57 Å². The summed E-state index contributed by atoms with van der Waals surface area (Å²) < 4.78 is 5.03. The van der Waals surface area contributed by atoms with E-state index in [0.717, 1.165) is 12.0 Å². The molecule has 5 N–H and O–H groups in total. The van der Waals surface area contributed by atoms with Gasteiger partial charge in [-0.2, -0.15) is 0 Å². The number of allylic oxidation sites excluding steroid dienone is 1. The lowest BCUT2D eigenvalue weighted by atomic mass is 10.1. The Morgan fingerprint density at radius 3 is 2.39 bits per heavy atom. The van der Waals surface area contributed by atoms with E-state index in [2.05, 4.69) is 0 Å². The summed E-state index contributed by atoms with van der Waals surface area (Å²) in [6, 6.07) is -1.60. The summed E-state index contributed by atoms with van der Waals surface area (Å²) >= 11 is 0. The van der Waals surface area contributed by atoms with E-state index in [1.54, 1.807) is 0 Å². The molecule has 0 aromatic rings. The molecule has 1 aliphatic carbocycles. The minimum atomic E-state index is -1.04. The highest BCUT2D eigenvalue weighted by Gasteiger charge is 2.21. The van der Waals surface area contributed by atoms with Crippen LogP contribution in [0.2, 0.25) is 0 Å². The van der Waals surface area contributed by atoms with Crippen molar-refractivity contribution in [3.8, 4) is 0 Å². The van der Waals surface area contributed by atoms with Crippen molar-refractivity contribution in [2.24, 2.45) is 11.5 Å². The van der Waals surface area contributed by atoms with Crippen molar-refractivity contribution >= 4 is 11.9 Å². The Kier molecular flexibility index (Phi) is 5.30. The van der Waals surface area contributed by atoms with Crippen LogP contribution >= 0.6 is 0 Å². The second-order valence-electron chi connectivity index (χ2n) is 4.65. The maximum atomic E-state index is 11.5. The van der Waals surface area contributed by atoms with Gasteiger partial charge in [-0.15, -0.1) is 0 Å². The Morgan fingerprint density at radius 1 is 1.33 bits per heavy atom. The molecule has 0 spiro atoms. The van der Waals surface area contributed by atoms with Gasteiger partial charge >= 0.3 is 11.9 Å². The van der Waals surface area contributed by atoms with Crippen molar-refractivity contribution in [1.82, 2.24) is 0 Å². The fraction of sp³-hybridized carbons (Fsp3) is 0.667. The normalized spacial score (nSPS) is 17.3. The topological polar surface area (TPSA) is 116 Å². The molecule has 1 rings (SSSR count). The van der Waals surface area contributed by atoms with E-state index in [4.69, 9.17) is 21.3 Å². The first kappa shape index (κ1) is 14.7. The molecule has 1 unspecified atom stereocenters. The van der Waals surface area contributed by atoms with Crippen LogP contribution in [0.15, 0.2) is 11.1 Å². The van der Waals surface area contributed by atoms with Crippen LogP contribution in [-0.4, -0.2) is 35.7 Å². The molecule has 6 nitrogen and oxygen atoms in total. The number of hydrogen-bond donors (Lipinski definition) is 3. The second kappa shape index (κ2) is 6.51. The molecule has 0 saturated heterocycles. The highest BCUT2D eigenvalue weighted by Crippen LogP contribution is 2.29. The number of aliphatic carboxylic acids is 1. The Morgan fingerprint density at radius 2 is 1.89 bits per heavy atom. The number of carboxylic acids is 1.